The van der Waals surface area contributed by atoms with Gasteiger partial charge in [0.25, 0.3) is 0 Å². The molecule has 2 aromatic carbocycles. The van der Waals surface area contributed by atoms with Gasteiger partial charge in [0.15, 0.2) is 0 Å². The van der Waals surface area contributed by atoms with Crippen LogP contribution >= 0.6 is 0 Å². The second kappa shape index (κ2) is 18.7. The van der Waals surface area contributed by atoms with Crippen molar-refractivity contribution in [1.29, 1.82) is 0 Å². The maximum absolute atomic E-state index is 12.6. The number of hydrogen-bond acceptors (Lipinski definition) is 5. The lowest BCUT2D eigenvalue weighted by atomic mass is 10.0. The molecular formula is C32H48O5. The van der Waals surface area contributed by atoms with Crippen molar-refractivity contribution < 1.29 is 24.1 Å². The Morgan fingerprint density at radius 1 is 0.811 bits per heavy atom. The van der Waals surface area contributed by atoms with Crippen LogP contribution in [0.2, 0.25) is 0 Å². The number of benzene rings is 2. The van der Waals surface area contributed by atoms with Crippen LogP contribution in [0.4, 0.5) is 0 Å². The SMILES string of the molecule is CCCCCCCCCCc1ccc(C(=O)Oc2ccc(OCCCCCC(C)OCC)cc2)c(O)c1. The number of aromatic hydroxyl groups is 1. The molecule has 0 aliphatic rings. The highest BCUT2D eigenvalue weighted by Gasteiger charge is 2.14. The number of rotatable bonds is 20. The molecule has 0 saturated heterocycles. The molecule has 5 nitrogen and oxygen atoms in total. The molecule has 0 spiro atoms. The van der Waals surface area contributed by atoms with Gasteiger partial charge in [-0.1, -0.05) is 64.4 Å². The van der Waals surface area contributed by atoms with Gasteiger partial charge in [-0.15, -0.1) is 0 Å². The van der Waals surface area contributed by atoms with Gasteiger partial charge in [0.1, 0.15) is 22.8 Å². The normalized spacial score (nSPS) is 11.9. The smallest absolute Gasteiger partial charge is 0.347 e. The van der Waals surface area contributed by atoms with Crippen molar-refractivity contribution in [3.05, 3.63) is 53.6 Å². The zero-order valence-electron chi connectivity index (χ0n) is 23.3. The first-order chi connectivity index (χ1) is 18.0. The molecule has 5 heteroatoms. The van der Waals surface area contributed by atoms with E-state index in [4.69, 9.17) is 14.2 Å². The molecule has 0 saturated carbocycles. The van der Waals surface area contributed by atoms with Crippen LogP contribution in [0.5, 0.6) is 17.2 Å². The number of ether oxygens (including phenoxy) is 3. The molecule has 206 valence electrons. The van der Waals surface area contributed by atoms with Crippen molar-refractivity contribution in [2.75, 3.05) is 13.2 Å². The minimum Gasteiger partial charge on any atom is -0.507 e. The van der Waals surface area contributed by atoms with Crippen molar-refractivity contribution in [1.82, 2.24) is 0 Å². The Bertz CT molecular complexity index is 877. The van der Waals surface area contributed by atoms with Crippen LogP contribution in [0.25, 0.3) is 0 Å². The van der Waals surface area contributed by atoms with Crippen LogP contribution in [0.3, 0.4) is 0 Å². The van der Waals surface area contributed by atoms with E-state index in [9.17, 15) is 9.90 Å². The molecule has 1 unspecified atom stereocenters. The van der Waals surface area contributed by atoms with Crippen LogP contribution in [-0.2, 0) is 11.2 Å². The van der Waals surface area contributed by atoms with Gasteiger partial charge in [-0.3, -0.25) is 0 Å². The average Bonchev–Trinajstić information content (AvgIpc) is 2.88. The summed E-state index contributed by atoms with van der Waals surface area (Å²) in [7, 11) is 0. The minimum atomic E-state index is -0.564. The fourth-order valence-corrected chi connectivity index (χ4v) is 4.40. The molecule has 2 rings (SSSR count). The number of esters is 1. The van der Waals surface area contributed by atoms with E-state index in [-0.39, 0.29) is 11.3 Å². The highest BCUT2D eigenvalue weighted by Crippen LogP contribution is 2.24. The van der Waals surface area contributed by atoms with E-state index in [1.54, 1.807) is 36.4 Å². The number of carbonyl (C=O) groups is 1. The first-order valence-corrected chi connectivity index (χ1v) is 14.4. The number of aryl methyl sites for hydroxylation is 1. The number of phenolic OH excluding ortho intramolecular Hbond substituents is 1. The van der Waals surface area contributed by atoms with Gasteiger partial charge in [0.2, 0.25) is 0 Å². The Balaban J connectivity index is 1.68. The number of unbranched alkanes of at least 4 members (excludes halogenated alkanes) is 9. The Morgan fingerprint density at radius 3 is 2.14 bits per heavy atom. The summed E-state index contributed by atoms with van der Waals surface area (Å²) in [4.78, 5) is 12.6. The maximum atomic E-state index is 12.6. The summed E-state index contributed by atoms with van der Waals surface area (Å²) in [6.07, 6.45) is 15.7. The Kier molecular flexibility index (Phi) is 15.5. The summed E-state index contributed by atoms with van der Waals surface area (Å²) in [5.41, 5.74) is 1.23. The topological polar surface area (TPSA) is 65.0 Å². The highest BCUT2D eigenvalue weighted by atomic mass is 16.5. The fourth-order valence-electron chi connectivity index (χ4n) is 4.40. The molecule has 1 N–H and O–H groups in total. The van der Waals surface area contributed by atoms with Crippen LogP contribution in [-0.4, -0.2) is 30.4 Å². The lowest BCUT2D eigenvalue weighted by Gasteiger charge is -2.11. The standard InChI is InChI=1S/C32H48O5/c1-4-6-7-8-9-10-11-14-17-27-18-23-30(31(33)25-27)32(34)37-29-21-19-28(20-22-29)36-24-15-12-13-16-26(3)35-5-2/h18-23,25-26,33H,4-17,24H2,1-3H3. The summed E-state index contributed by atoms with van der Waals surface area (Å²) in [6, 6.07) is 12.3. The molecule has 0 amide bonds. The maximum Gasteiger partial charge on any atom is 0.347 e. The van der Waals surface area contributed by atoms with Gasteiger partial charge in [0.05, 0.1) is 12.7 Å². The van der Waals surface area contributed by atoms with E-state index < -0.39 is 5.97 Å². The minimum absolute atomic E-state index is 0.0299. The molecule has 2 aromatic rings. The lowest BCUT2D eigenvalue weighted by Crippen LogP contribution is -2.09. The van der Waals surface area contributed by atoms with E-state index in [1.165, 1.54) is 44.9 Å². The largest absolute Gasteiger partial charge is 0.507 e. The third-order valence-electron chi connectivity index (χ3n) is 6.61. The molecule has 0 fully saturated rings. The predicted molar refractivity (Wildman–Crippen MR) is 151 cm³/mol. The van der Waals surface area contributed by atoms with Crippen molar-refractivity contribution >= 4 is 5.97 Å². The predicted octanol–water partition coefficient (Wildman–Crippen LogP) is 8.66. The molecule has 0 aliphatic carbocycles. The van der Waals surface area contributed by atoms with Gasteiger partial charge in [0, 0.05) is 6.61 Å². The fraction of sp³-hybridized carbons (Fsp3) is 0.594. The van der Waals surface area contributed by atoms with Crippen molar-refractivity contribution in [2.45, 2.75) is 110 Å². The van der Waals surface area contributed by atoms with Gasteiger partial charge in [-0.2, -0.15) is 0 Å². The van der Waals surface area contributed by atoms with Crippen LogP contribution in [0, 0.1) is 0 Å². The lowest BCUT2D eigenvalue weighted by molar-refractivity contribution is 0.0681. The van der Waals surface area contributed by atoms with Crippen molar-refractivity contribution in [3.8, 4) is 17.2 Å². The van der Waals surface area contributed by atoms with Crippen molar-refractivity contribution in [2.24, 2.45) is 0 Å². The van der Waals surface area contributed by atoms with E-state index in [2.05, 4.69) is 13.8 Å². The first-order valence-electron chi connectivity index (χ1n) is 14.4. The summed E-state index contributed by atoms with van der Waals surface area (Å²) in [6.45, 7) is 7.80. The molecule has 0 heterocycles. The monoisotopic (exact) mass is 512 g/mol. The van der Waals surface area contributed by atoms with Gasteiger partial charge in [-0.25, -0.2) is 4.79 Å². The summed E-state index contributed by atoms with van der Waals surface area (Å²) in [5, 5.41) is 10.4. The molecule has 0 aromatic heterocycles. The summed E-state index contributed by atoms with van der Waals surface area (Å²) >= 11 is 0. The molecule has 0 aliphatic heterocycles. The van der Waals surface area contributed by atoms with Gasteiger partial charge < -0.3 is 19.3 Å². The summed E-state index contributed by atoms with van der Waals surface area (Å²) in [5.74, 6) is 0.573. The van der Waals surface area contributed by atoms with E-state index in [0.717, 1.165) is 56.4 Å². The van der Waals surface area contributed by atoms with Crippen molar-refractivity contribution in [3.63, 3.8) is 0 Å². The molecule has 0 bridgehead atoms. The molecule has 1 atom stereocenters. The second-order valence-corrected chi connectivity index (χ2v) is 9.90. The molecular weight excluding hydrogens is 464 g/mol. The number of hydrogen-bond donors (Lipinski definition) is 1. The Hall–Kier alpha value is -2.53. The Labute approximate surface area is 224 Å². The quantitative estimate of drug-likeness (QED) is 0.109. The summed E-state index contributed by atoms with van der Waals surface area (Å²) < 4.78 is 16.8. The third-order valence-corrected chi connectivity index (χ3v) is 6.61. The van der Waals surface area contributed by atoms with E-state index >= 15 is 0 Å². The van der Waals surface area contributed by atoms with Gasteiger partial charge >= 0.3 is 5.97 Å². The van der Waals surface area contributed by atoms with Crippen LogP contribution < -0.4 is 9.47 Å². The average molecular weight is 513 g/mol. The third kappa shape index (κ3) is 13.0. The second-order valence-electron chi connectivity index (χ2n) is 9.90. The zero-order chi connectivity index (χ0) is 26.7. The van der Waals surface area contributed by atoms with E-state index in [1.807, 2.05) is 13.0 Å². The van der Waals surface area contributed by atoms with E-state index in [0.29, 0.717) is 18.5 Å². The Morgan fingerprint density at radius 2 is 1.46 bits per heavy atom. The first kappa shape index (κ1) is 30.7. The van der Waals surface area contributed by atoms with Crippen LogP contribution in [0.1, 0.15) is 114 Å². The van der Waals surface area contributed by atoms with Gasteiger partial charge in [-0.05, 0) is 87.9 Å². The molecule has 37 heavy (non-hydrogen) atoms. The molecule has 0 radical (unpaired) electrons. The number of phenols is 1. The number of carbonyl (C=O) groups excluding carboxylic acids is 1. The highest BCUT2D eigenvalue weighted by molar-refractivity contribution is 5.93. The zero-order valence-corrected chi connectivity index (χ0v) is 23.3. The van der Waals surface area contributed by atoms with Crippen LogP contribution in [0.15, 0.2) is 42.5 Å².